The van der Waals surface area contributed by atoms with Gasteiger partial charge in [-0.05, 0) is 33.7 Å². The van der Waals surface area contributed by atoms with Crippen molar-refractivity contribution < 1.29 is 23.9 Å². The average Bonchev–Trinajstić information content (AvgIpc) is 2.43. The molecule has 7 heteroatoms. The minimum atomic E-state index is -0.755. The number of nitrogens with one attached hydrogen (secondary N) is 1. The van der Waals surface area contributed by atoms with E-state index < -0.39 is 23.6 Å². The second-order valence-electron chi connectivity index (χ2n) is 6.15. The van der Waals surface area contributed by atoms with Gasteiger partial charge in [-0.1, -0.05) is 6.08 Å². The summed E-state index contributed by atoms with van der Waals surface area (Å²) in [5.41, 5.74) is -0.616. The van der Waals surface area contributed by atoms with Gasteiger partial charge in [0.1, 0.15) is 12.1 Å². The molecule has 1 atom stereocenters. The van der Waals surface area contributed by atoms with Crippen LogP contribution in [0.25, 0.3) is 0 Å². The molecular weight excluding hydrogens is 300 g/mol. The van der Waals surface area contributed by atoms with Crippen LogP contribution in [0.3, 0.4) is 0 Å². The molecule has 0 rings (SSSR count). The number of amides is 1. The zero-order valence-electron chi connectivity index (χ0n) is 14.7. The Hall–Kier alpha value is -1.89. The Balaban J connectivity index is 4.73. The van der Waals surface area contributed by atoms with E-state index in [0.29, 0.717) is 13.0 Å². The van der Waals surface area contributed by atoms with Crippen molar-refractivity contribution in [1.29, 1.82) is 0 Å². The van der Waals surface area contributed by atoms with Crippen molar-refractivity contribution >= 4 is 17.8 Å². The molecule has 1 amide bonds. The van der Waals surface area contributed by atoms with E-state index in [-0.39, 0.29) is 18.9 Å². The fourth-order valence-corrected chi connectivity index (χ4v) is 1.77. The van der Waals surface area contributed by atoms with Crippen molar-refractivity contribution in [3.8, 4) is 0 Å². The quantitative estimate of drug-likeness (QED) is 0.384. The Morgan fingerprint density at radius 2 is 1.87 bits per heavy atom. The summed E-state index contributed by atoms with van der Waals surface area (Å²) in [5.74, 6) is -1.37. The highest BCUT2D eigenvalue weighted by atomic mass is 16.6. The van der Waals surface area contributed by atoms with Crippen molar-refractivity contribution in [3.05, 3.63) is 12.7 Å². The molecule has 0 aromatic heterocycles. The number of methoxy groups -OCH3 is 1. The van der Waals surface area contributed by atoms with Gasteiger partial charge in [0.05, 0.1) is 19.6 Å². The molecule has 0 fully saturated rings. The molecular formula is C16H28N2O5. The normalized spacial score (nSPS) is 12.2. The molecule has 0 aromatic carbocycles. The van der Waals surface area contributed by atoms with Crippen LogP contribution in [0.4, 0.5) is 0 Å². The lowest BCUT2D eigenvalue weighted by Gasteiger charge is -2.25. The summed E-state index contributed by atoms with van der Waals surface area (Å²) >= 11 is 0. The third-order valence-electron chi connectivity index (χ3n) is 2.80. The molecule has 0 aromatic rings. The first kappa shape index (κ1) is 21.1. The first-order valence-corrected chi connectivity index (χ1v) is 7.48. The number of hydrogen-bond donors (Lipinski definition) is 1. The maximum atomic E-state index is 12.4. The molecule has 0 aliphatic heterocycles. The number of hydrogen-bond acceptors (Lipinski definition) is 6. The number of rotatable bonds is 9. The lowest BCUT2D eigenvalue weighted by Crippen LogP contribution is -2.48. The van der Waals surface area contributed by atoms with Crippen molar-refractivity contribution in [2.24, 2.45) is 0 Å². The third kappa shape index (κ3) is 9.67. The Kier molecular flexibility index (Phi) is 9.17. The Labute approximate surface area is 138 Å². The zero-order chi connectivity index (χ0) is 18.0. The minimum absolute atomic E-state index is 0.106. The molecule has 0 spiro atoms. The molecule has 1 N–H and O–H groups in total. The van der Waals surface area contributed by atoms with Gasteiger partial charge in [-0.25, -0.2) is 0 Å². The topological polar surface area (TPSA) is 84.9 Å². The Morgan fingerprint density at radius 1 is 1.26 bits per heavy atom. The standard InChI is InChI=1S/C16H28N2O5/c1-7-8-9-17-12(10-13(19)22-6)15(21)18(5)11-14(20)23-16(2,3)4/h7,12,17H,1,8-11H2,2-6H3/t12-/m0/s1. The van der Waals surface area contributed by atoms with Gasteiger partial charge in [-0.3, -0.25) is 14.4 Å². The lowest BCUT2D eigenvalue weighted by molar-refractivity contribution is -0.158. The van der Waals surface area contributed by atoms with Crippen molar-refractivity contribution in [3.63, 3.8) is 0 Å². The Bertz CT molecular complexity index is 429. The minimum Gasteiger partial charge on any atom is -0.469 e. The largest absolute Gasteiger partial charge is 0.469 e. The second-order valence-corrected chi connectivity index (χ2v) is 6.15. The van der Waals surface area contributed by atoms with Crippen LogP contribution in [-0.4, -0.2) is 61.6 Å². The highest BCUT2D eigenvalue weighted by Crippen LogP contribution is 2.08. The molecule has 132 valence electrons. The lowest BCUT2D eigenvalue weighted by atomic mass is 10.1. The van der Waals surface area contributed by atoms with E-state index in [1.165, 1.54) is 19.1 Å². The summed E-state index contributed by atoms with van der Waals surface area (Å²) in [4.78, 5) is 36.9. The van der Waals surface area contributed by atoms with E-state index in [1.54, 1.807) is 26.8 Å². The van der Waals surface area contributed by atoms with E-state index in [0.717, 1.165) is 0 Å². The van der Waals surface area contributed by atoms with Gasteiger partial charge in [-0.15, -0.1) is 6.58 Å². The van der Waals surface area contributed by atoms with Crippen LogP contribution in [0.15, 0.2) is 12.7 Å². The summed E-state index contributed by atoms with van der Waals surface area (Å²) in [6, 6.07) is -0.755. The van der Waals surface area contributed by atoms with Crippen LogP contribution in [0.1, 0.15) is 33.6 Å². The molecule has 0 aliphatic carbocycles. The van der Waals surface area contributed by atoms with E-state index in [9.17, 15) is 14.4 Å². The summed E-state index contributed by atoms with van der Waals surface area (Å²) in [6.07, 6.45) is 2.25. The number of ether oxygens (including phenoxy) is 2. The number of carbonyl (C=O) groups is 3. The van der Waals surface area contributed by atoms with Gasteiger partial charge in [0, 0.05) is 7.05 Å². The van der Waals surface area contributed by atoms with Crippen LogP contribution in [0.2, 0.25) is 0 Å². The van der Waals surface area contributed by atoms with E-state index >= 15 is 0 Å². The Morgan fingerprint density at radius 3 is 2.35 bits per heavy atom. The van der Waals surface area contributed by atoms with Gasteiger partial charge < -0.3 is 19.7 Å². The molecule has 0 radical (unpaired) electrons. The van der Waals surface area contributed by atoms with Crippen molar-refractivity contribution in [1.82, 2.24) is 10.2 Å². The summed E-state index contributed by atoms with van der Waals surface area (Å²) < 4.78 is 9.78. The molecule has 0 bridgehead atoms. The smallest absolute Gasteiger partial charge is 0.326 e. The summed E-state index contributed by atoms with van der Waals surface area (Å²) in [5, 5.41) is 2.97. The van der Waals surface area contributed by atoms with Crippen LogP contribution in [-0.2, 0) is 23.9 Å². The number of esters is 2. The van der Waals surface area contributed by atoms with Gasteiger partial charge in [0.2, 0.25) is 5.91 Å². The van der Waals surface area contributed by atoms with Gasteiger partial charge in [0.25, 0.3) is 0 Å². The molecule has 0 aliphatic rings. The fraction of sp³-hybridized carbons (Fsp3) is 0.688. The van der Waals surface area contributed by atoms with E-state index in [2.05, 4.69) is 16.6 Å². The molecule has 0 unspecified atom stereocenters. The molecule has 7 nitrogen and oxygen atoms in total. The molecule has 0 saturated carbocycles. The van der Waals surface area contributed by atoms with Gasteiger partial charge in [-0.2, -0.15) is 0 Å². The second kappa shape index (κ2) is 9.99. The highest BCUT2D eigenvalue weighted by molar-refractivity contribution is 5.88. The third-order valence-corrected chi connectivity index (χ3v) is 2.80. The SMILES string of the molecule is C=CCCN[C@@H](CC(=O)OC)C(=O)N(C)CC(=O)OC(C)(C)C. The molecule has 0 saturated heterocycles. The molecule has 23 heavy (non-hydrogen) atoms. The van der Waals surface area contributed by atoms with Crippen LogP contribution in [0, 0.1) is 0 Å². The first-order valence-electron chi connectivity index (χ1n) is 7.48. The number of likely N-dealkylation sites (N-methyl/N-ethyl adjacent to an activating group) is 1. The maximum absolute atomic E-state index is 12.4. The van der Waals surface area contributed by atoms with Crippen LogP contribution < -0.4 is 5.32 Å². The number of nitrogens with zero attached hydrogens (tertiary/aromatic N) is 1. The van der Waals surface area contributed by atoms with Gasteiger partial charge in [0.15, 0.2) is 0 Å². The van der Waals surface area contributed by atoms with Gasteiger partial charge >= 0.3 is 11.9 Å². The first-order chi connectivity index (χ1) is 10.6. The average molecular weight is 328 g/mol. The molecule has 0 heterocycles. The summed E-state index contributed by atoms with van der Waals surface area (Å²) in [7, 11) is 2.75. The highest BCUT2D eigenvalue weighted by Gasteiger charge is 2.27. The van der Waals surface area contributed by atoms with E-state index in [1.807, 2.05) is 0 Å². The predicted octanol–water partition coefficient (Wildman–Crippen LogP) is 0.884. The van der Waals surface area contributed by atoms with Crippen molar-refractivity contribution in [2.75, 3.05) is 27.2 Å². The van der Waals surface area contributed by atoms with Crippen molar-refractivity contribution in [2.45, 2.75) is 45.3 Å². The number of carbonyl (C=O) groups excluding carboxylic acids is 3. The van der Waals surface area contributed by atoms with Crippen LogP contribution >= 0.6 is 0 Å². The van der Waals surface area contributed by atoms with Crippen LogP contribution in [0.5, 0.6) is 0 Å². The summed E-state index contributed by atoms with van der Waals surface area (Å²) in [6.45, 7) is 9.17. The predicted molar refractivity (Wildman–Crippen MR) is 86.7 cm³/mol. The monoisotopic (exact) mass is 328 g/mol. The maximum Gasteiger partial charge on any atom is 0.326 e. The zero-order valence-corrected chi connectivity index (χ0v) is 14.7. The van der Waals surface area contributed by atoms with E-state index in [4.69, 9.17) is 4.74 Å². The fourth-order valence-electron chi connectivity index (χ4n) is 1.77.